The molecule has 100 valence electrons. The first kappa shape index (κ1) is 13.8. The second-order valence-electron chi connectivity index (χ2n) is 5.44. The van der Waals surface area contributed by atoms with Crippen LogP contribution in [0.2, 0.25) is 5.02 Å². The molecule has 0 fully saturated rings. The first-order valence-electron chi connectivity index (χ1n) is 6.05. The molecule has 2 rings (SSSR count). The SMILES string of the molecule is CC(C)(C)c1ccc(Nc2ncc(Cl)cc2F)cc1. The van der Waals surface area contributed by atoms with Crippen molar-refractivity contribution in [3.8, 4) is 0 Å². The van der Waals surface area contributed by atoms with Crippen molar-refractivity contribution in [1.29, 1.82) is 0 Å². The minimum absolute atomic E-state index is 0.0995. The summed E-state index contributed by atoms with van der Waals surface area (Å²) in [5.74, 6) is -0.291. The maximum Gasteiger partial charge on any atom is 0.167 e. The van der Waals surface area contributed by atoms with E-state index in [-0.39, 0.29) is 16.3 Å². The standard InChI is InChI=1S/C15H16ClFN2/c1-15(2,3)10-4-6-12(7-5-10)19-14-13(17)8-11(16)9-18-14/h4-9H,1-3H3,(H,18,19). The Morgan fingerprint density at radius 1 is 1.16 bits per heavy atom. The second kappa shape index (κ2) is 5.17. The van der Waals surface area contributed by atoms with Crippen LogP contribution in [0.15, 0.2) is 36.5 Å². The predicted molar refractivity (Wildman–Crippen MR) is 77.6 cm³/mol. The monoisotopic (exact) mass is 278 g/mol. The van der Waals surface area contributed by atoms with Crippen molar-refractivity contribution in [2.45, 2.75) is 26.2 Å². The molecule has 0 saturated heterocycles. The van der Waals surface area contributed by atoms with Gasteiger partial charge in [-0.15, -0.1) is 0 Å². The van der Waals surface area contributed by atoms with E-state index in [0.717, 1.165) is 5.69 Å². The molecule has 1 N–H and O–H groups in total. The molecule has 0 bridgehead atoms. The van der Waals surface area contributed by atoms with Gasteiger partial charge in [-0.25, -0.2) is 9.37 Å². The summed E-state index contributed by atoms with van der Waals surface area (Å²) in [6, 6.07) is 9.11. The molecule has 0 saturated carbocycles. The van der Waals surface area contributed by atoms with Crippen LogP contribution in [0, 0.1) is 5.82 Å². The number of aromatic nitrogens is 1. The third-order valence-electron chi connectivity index (χ3n) is 2.82. The van der Waals surface area contributed by atoms with Gasteiger partial charge in [0.25, 0.3) is 0 Å². The van der Waals surface area contributed by atoms with Crippen molar-refractivity contribution < 1.29 is 4.39 Å². The minimum atomic E-state index is -0.465. The van der Waals surface area contributed by atoms with Gasteiger partial charge in [-0.1, -0.05) is 44.5 Å². The average Bonchev–Trinajstić information content (AvgIpc) is 2.32. The van der Waals surface area contributed by atoms with E-state index in [1.807, 2.05) is 24.3 Å². The van der Waals surface area contributed by atoms with Gasteiger partial charge in [0.2, 0.25) is 0 Å². The van der Waals surface area contributed by atoms with Crippen molar-refractivity contribution in [2.24, 2.45) is 0 Å². The average molecular weight is 279 g/mol. The number of nitrogens with one attached hydrogen (secondary N) is 1. The maximum atomic E-state index is 13.6. The van der Waals surface area contributed by atoms with Crippen LogP contribution >= 0.6 is 11.6 Å². The van der Waals surface area contributed by atoms with Gasteiger partial charge in [-0.05, 0) is 29.2 Å². The molecule has 19 heavy (non-hydrogen) atoms. The summed E-state index contributed by atoms with van der Waals surface area (Å²) in [6.45, 7) is 6.45. The van der Waals surface area contributed by atoms with Crippen LogP contribution in [0.1, 0.15) is 26.3 Å². The smallest absolute Gasteiger partial charge is 0.167 e. The lowest BCUT2D eigenvalue weighted by atomic mass is 9.87. The van der Waals surface area contributed by atoms with Crippen molar-refractivity contribution in [2.75, 3.05) is 5.32 Å². The molecule has 1 aromatic carbocycles. The van der Waals surface area contributed by atoms with Crippen LogP contribution in [0.25, 0.3) is 0 Å². The Hall–Kier alpha value is -1.61. The lowest BCUT2D eigenvalue weighted by Crippen LogP contribution is -2.10. The number of rotatable bonds is 2. The van der Waals surface area contributed by atoms with E-state index in [1.54, 1.807) is 0 Å². The maximum absolute atomic E-state index is 13.6. The van der Waals surface area contributed by atoms with Gasteiger partial charge in [-0.2, -0.15) is 0 Å². The summed E-state index contributed by atoms with van der Waals surface area (Å²) in [5.41, 5.74) is 2.12. The van der Waals surface area contributed by atoms with Crippen molar-refractivity contribution in [3.63, 3.8) is 0 Å². The predicted octanol–water partition coefficient (Wildman–Crippen LogP) is 4.92. The quantitative estimate of drug-likeness (QED) is 0.844. The van der Waals surface area contributed by atoms with E-state index >= 15 is 0 Å². The van der Waals surface area contributed by atoms with Crippen LogP contribution in [0.4, 0.5) is 15.9 Å². The van der Waals surface area contributed by atoms with Crippen LogP contribution < -0.4 is 5.32 Å². The summed E-state index contributed by atoms with van der Waals surface area (Å²) in [6.07, 6.45) is 1.41. The zero-order chi connectivity index (χ0) is 14.0. The second-order valence-corrected chi connectivity index (χ2v) is 5.87. The van der Waals surface area contributed by atoms with E-state index in [2.05, 4.69) is 31.1 Å². The van der Waals surface area contributed by atoms with E-state index in [9.17, 15) is 4.39 Å². The summed E-state index contributed by atoms with van der Waals surface area (Å²) in [4.78, 5) is 3.93. The molecule has 0 aliphatic rings. The van der Waals surface area contributed by atoms with E-state index in [1.165, 1.54) is 17.8 Å². The zero-order valence-electron chi connectivity index (χ0n) is 11.2. The molecule has 2 aromatic rings. The van der Waals surface area contributed by atoms with Gasteiger partial charge >= 0.3 is 0 Å². The molecular weight excluding hydrogens is 263 g/mol. The molecule has 4 heteroatoms. The molecule has 1 heterocycles. The molecular formula is C15H16ClFN2. The third kappa shape index (κ3) is 3.44. The number of benzene rings is 1. The molecule has 0 unspecified atom stereocenters. The summed E-state index contributed by atoms with van der Waals surface area (Å²) < 4.78 is 13.6. The lowest BCUT2D eigenvalue weighted by molar-refractivity contribution is 0.590. The Balaban J connectivity index is 2.20. The highest BCUT2D eigenvalue weighted by Crippen LogP contribution is 2.25. The minimum Gasteiger partial charge on any atom is -0.338 e. The molecule has 1 aromatic heterocycles. The molecule has 0 amide bonds. The molecule has 0 aliphatic heterocycles. The Labute approximate surface area is 117 Å². The number of hydrogen-bond acceptors (Lipinski definition) is 2. The Morgan fingerprint density at radius 2 is 1.79 bits per heavy atom. The topological polar surface area (TPSA) is 24.9 Å². The van der Waals surface area contributed by atoms with Gasteiger partial charge in [0.05, 0.1) is 5.02 Å². The number of halogens is 2. The molecule has 2 nitrogen and oxygen atoms in total. The van der Waals surface area contributed by atoms with Crippen LogP contribution in [-0.2, 0) is 5.41 Å². The van der Waals surface area contributed by atoms with Crippen molar-refractivity contribution >= 4 is 23.1 Å². The Bertz CT molecular complexity index is 574. The molecule has 0 spiro atoms. The van der Waals surface area contributed by atoms with Crippen molar-refractivity contribution in [1.82, 2.24) is 4.98 Å². The fourth-order valence-electron chi connectivity index (χ4n) is 1.70. The molecule has 0 aliphatic carbocycles. The van der Waals surface area contributed by atoms with Gasteiger partial charge in [0.1, 0.15) is 0 Å². The summed E-state index contributed by atoms with van der Waals surface area (Å²) >= 11 is 5.66. The molecule has 0 radical (unpaired) electrons. The molecule has 0 atom stereocenters. The number of anilines is 2. The summed E-state index contributed by atoms with van der Waals surface area (Å²) in [7, 11) is 0. The van der Waals surface area contributed by atoms with Gasteiger partial charge < -0.3 is 5.32 Å². The zero-order valence-corrected chi connectivity index (χ0v) is 11.9. The fraction of sp³-hybridized carbons (Fsp3) is 0.267. The van der Waals surface area contributed by atoms with Crippen LogP contribution in [0.3, 0.4) is 0 Å². The summed E-state index contributed by atoms with van der Waals surface area (Å²) in [5, 5.41) is 3.22. The highest BCUT2D eigenvalue weighted by Gasteiger charge is 2.13. The Kier molecular flexibility index (Phi) is 3.76. The Morgan fingerprint density at radius 3 is 2.32 bits per heavy atom. The highest BCUT2D eigenvalue weighted by atomic mass is 35.5. The normalized spacial score (nSPS) is 11.4. The number of pyridine rings is 1. The van der Waals surface area contributed by atoms with E-state index in [0.29, 0.717) is 0 Å². The lowest BCUT2D eigenvalue weighted by Gasteiger charge is -2.19. The first-order chi connectivity index (χ1) is 8.86. The van der Waals surface area contributed by atoms with E-state index in [4.69, 9.17) is 11.6 Å². The van der Waals surface area contributed by atoms with Crippen LogP contribution in [0.5, 0.6) is 0 Å². The largest absolute Gasteiger partial charge is 0.338 e. The van der Waals surface area contributed by atoms with Gasteiger partial charge in [-0.3, -0.25) is 0 Å². The first-order valence-corrected chi connectivity index (χ1v) is 6.43. The third-order valence-corrected chi connectivity index (χ3v) is 3.03. The fourth-order valence-corrected chi connectivity index (χ4v) is 1.84. The number of nitrogens with zero attached hydrogens (tertiary/aromatic N) is 1. The van der Waals surface area contributed by atoms with Crippen molar-refractivity contribution in [3.05, 3.63) is 52.9 Å². The van der Waals surface area contributed by atoms with Gasteiger partial charge in [0.15, 0.2) is 11.6 Å². The van der Waals surface area contributed by atoms with Gasteiger partial charge in [0, 0.05) is 11.9 Å². The van der Waals surface area contributed by atoms with E-state index < -0.39 is 5.82 Å². The highest BCUT2D eigenvalue weighted by molar-refractivity contribution is 6.30. The number of hydrogen-bond donors (Lipinski definition) is 1. The van der Waals surface area contributed by atoms with Crippen LogP contribution in [-0.4, -0.2) is 4.98 Å².